The second-order valence-electron chi connectivity index (χ2n) is 6.43. The molecule has 0 aromatic heterocycles. The zero-order valence-electron chi connectivity index (χ0n) is 14.9. The highest BCUT2D eigenvalue weighted by Gasteiger charge is 2.25. The van der Waals surface area contributed by atoms with E-state index in [0.717, 1.165) is 18.8 Å². The Bertz CT molecular complexity index is 673. The average molecular weight is 391 g/mol. The smallest absolute Gasteiger partial charge is 0.178 e. The van der Waals surface area contributed by atoms with Gasteiger partial charge in [-0.05, 0) is 32.0 Å². The normalized spacial score (nSPS) is 22.7. The fourth-order valence-corrected chi connectivity index (χ4v) is 3.96. The van der Waals surface area contributed by atoms with Crippen LogP contribution >= 0.6 is 11.6 Å². The largest absolute Gasteiger partial charge is 0.390 e. The van der Waals surface area contributed by atoms with Crippen molar-refractivity contribution >= 4 is 32.8 Å². The van der Waals surface area contributed by atoms with E-state index >= 15 is 0 Å². The maximum Gasteiger partial charge on any atom is 0.178 e. The highest BCUT2D eigenvalue weighted by Crippen LogP contribution is 2.31. The lowest BCUT2D eigenvalue weighted by Gasteiger charge is -2.38. The van der Waals surface area contributed by atoms with Gasteiger partial charge in [-0.15, -0.1) is 11.6 Å². The molecule has 1 saturated heterocycles. The summed E-state index contributed by atoms with van der Waals surface area (Å²) in [6, 6.07) is 5.10. The van der Waals surface area contributed by atoms with Crippen molar-refractivity contribution < 1.29 is 18.3 Å². The molecule has 1 fully saturated rings. The monoisotopic (exact) mass is 390 g/mol. The quantitative estimate of drug-likeness (QED) is 0.694. The number of anilines is 2. The van der Waals surface area contributed by atoms with Crippen molar-refractivity contribution in [3.63, 3.8) is 0 Å². The van der Waals surface area contributed by atoms with E-state index in [9.17, 15) is 13.5 Å². The Hall–Kier alpha value is -1.02. The molecular weight excluding hydrogens is 364 g/mol. The molecule has 0 bridgehead atoms. The van der Waals surface area contributed by atoms with E-state index < -0.39 is 15.9 Å². The van der Waals surface area contributed by atoms with Crippen molar-refractivity contribution in [3.8, 4) is 0 Å². The third kappa shape index (κ3) is 5.23. The Morgan fingerprint density at radius 3 is 2.56 bits per heavy atom. The van der Waals surface area contributed by atoms with Gasteiger partial charge < -0.3 is 20.1 Å². The first-order valence-electron chi connectivity index (χ1n) is 8.52. The molecule has 1 aromatic rings. The number of hydrogen-bond acceptors (Lipinski definition) is 6. The predicted octanol–water partition coefficient (Wildman–Crippen LogP) is 2.11. The van der Waals surface area contributed by atoms with E-state index in [1.807, 2.05) is 19.9 Å². The number of nitrogens with one attached hydrogen (secondary N) is 1. The molecule has 0 spiro atoms. The summed E-state index contributed by atoms with van der Waals surface area (Å²) < 4.78 is 30.2. The molecule has 25 heavy (non-hydrogen) atoms. The Morgan fingerprint density at radius 1 is 1.36 bits per heavy atom. The summed E-state index contributed by atoms with van der Waals surface area (Å²) in [5.41, 5.74) is 1.58. The van der Waals surface area contributed by atoms with Crippen molar-refractivity contribution in [3.05, 3.63) is 18.2 Å². The van der Waals surface area contributed by atoms with Gasteiger partial charge in [0, 0.05) is 19.6 Å². The van der Waals surface area contributed by atoms with Crippen molar-refractivity contribution in [1.29, 1.82) is 0 Å². The van der Waals surface area contributed by atoms with E-state index in [0.29, 0.717) is 5.69 Å². The van der Waals surface area contributed by atoms with Crippen LogP contribution in [0.2, 0.25) is 0 Å². The van der Waals surface area contributed by atoms with Crippen molar-refractivity contribution in [2.45, 2.75) is 44.0 Å². The van der Waals surface area contributed by atoms with Gasteiger partial charge in [0.05, 0.1) is 46.2 Å². The summed E-state index contributed by atoms with van der Waals surface area (Å²) in [5, 5.41) is 12.9. The summed E-state index contributed by atoms with van der Waals surface area (Å²) in [6.45, 7) is 7.35. The zero-order valence-corrected chi connectivity index (χ0v) is 16.5. The van der Waals surface area contributed by atoms with Gasteiger partial charge in [-0.1, -0.05) is 6.92 Å². The lowest BCUT2D eigenvalue weighted by atomic mass is 10.1. The highest BCUT2D eigenvalue weighted by molar-refractivity contribution is 7.91. The van der Waals surface area contributed by atoms with Crippen molar-refractivity contribution in [2.24, 2.45) is 0 Å². The fraction of sp³-hybridized carbons (Fsp3) is 0.647. The molecule has 8 heteroatoms. The summed E-state index contributed by atoms with van der Waals surface area (Å²) in [4.78, 5) is 2.45. The first-order chi connectivity index (χ1) is 11.8. The van der Waals surface area contributed by atoms with Crippen LogP contribution in [0.5, 0.6) is 0 Å². The molecule has 1 heterocycles. The minimum absolute atomic E-state index is 0.0434. The van der Waals surface area contributed by atoms with Crippen LogP contribution in [0.25, 0.3) is 0 Å². The number of alkyl halides is 1. The first-order valence-corrected chi connectivity index (χ1v) is 10.7. The number of ether oxygens (including phenoxy) is 1. The number of benzene rings is 1. The van der Waals surface area contributed by atoms with Crippen LogP contribution in [-0.4, -0.2) is 63.1 Å². The van der Waals surface area contributed by atoms with Crippen LogP contribution in [-0.2, 0) is 14.6 Å². The Labute approximate surface area is 155 Å². The molecule has 2 rings (SSSR count). The fourth-order valence-electron chi connectivity index (χ4n) is 2.95. The van der Waals surface area contributed by atoms with Crippen LogP contribution in [0.4, 0.5) is 11.4 Å². The molecule has 0 radical (unpaired) electrons. The minimum atomic E-state index is -3.31. The van der Waals surface area contributed by atoms with Gasteiger partial charge in [-0.2, -0.15) is 0 Å². The summed E-state index contributed by atoms with van der Waals surface area (Å²) in [6.07, 6.45) is -0.531. The molecule has 2 N–H and O–H groups in total. The summed E-state index contributed by atoms with van der Waals surface area (Å²) in [5.74, 6) is 0.155. The molecule has 1 aliphatic rings. The van der Waals surface area contributed by atoms with Crippen LogP contribution < -0.4 is 10.2 Å². The second-order valence-corrected chi connectivity index (χ2v) is 9.02. The van der Waals surface area contributed by atoms with Gasteiger partial charge in [0.2, 0.25) is 0 Å². The summed E-state index contributed by atoms with van der Waals surface area (Å²) >= 11 is 5.66. The summed E-state index contributed by atoms with van der Waals surface area (Å²) in [7, 11) is -3.31. The Kier molecular flexibility index (Phi) is 6.96. The number of aliphatic hydroxyl groups is 1. The van der Waals surface area contributed by atoms with Crippen molar-refractivity contribution in [1.82, 2.24) is 0 Å². The third-order valence-corrected chi connectivity index (χ3v) is 6.26. The number of nitrogens with zero attached hydrogens (tertiary/aromatic N) is 1. The molecule has 0 saturated carbocycles. The number of morpholine rings is 1. The van der Waals surface area contributed by atoms with E-state index in [1.54, 1.807) is 19.1 Å². The maximum absolute atomic E-state index is 12.2. The molecule has 3 atom stereocenters. The van der Waals surface area contributed by atoms with Crippen LogP contribution in [0, 0.1) is 0 Å². The van der Waals surface area contributed by atoms with Gasteiger partial charge in [-0.3, -0.25) is 0 Å². The Morgan fingerprint density at radius 2 is 2.00 bits per heavy atom. The third-order valence-electron chi connectivity index (χ3n) is 4.17. The molecular formula is C17H27ClN2O4S. The van der Waals surface area contributed by atoms with E-state index in [1.165, 1.54) is 0 Å². The number of aliphatic hydroxyl groups excluding tert-OH is 1. The lowest BCUT2D eigenvalue weighted by molar-refractivity contribution is -0.00518. The van der Waals surface area contributed by atoms with Crippen LogP contribution in [0.3, 0.4) is 0 Å². The zero-order chi connectivity index (χ0) is 18.6. The highest BCUT2D eigenvalue weighted by atomic mass is 35.5. The van der Waals surface area contributed by atoms with Gasteiger partial charge in [0.1, 0.15) is 0 Å². The van der Waals surface area contributed by atoms with Crippen LogP contribution in [0.15, 0.2) is 23.1 Å². The number of hydrogen-bond donors (Lipinski definition) is 2. The molecule has 1 aliphatic heterocycles. The number of sulfone groups is 1. The van der Waals surface area contributed by atoms with E-state index in [-0.39, 0.29) is 35.3 Å². The maximum atomic E-state index is 12.2. The lowest BCUT2D eigenvalue weighted by Crippen LogP contribution is -2.45. The number of rotatable bonds is 7. The van der Waals surface area contributed by atoms with Gasteiger partial charge in [0.15, 0.2) is 9.84 Å². The molecule has 1 aromatic carbocycles. The molecule has 0 aliphatic carbocycles. The SMILES string of the molecule is CCS(=O)(=O)c1ccc(N2CC(C)OC(C)C2)c(NCC(O)CCl)c1. The molecule has 6 nitrogen and oxygen atoms in total. The topological polar surface area (TPSA) is 78.9 Å². The minimum Gasteiger partial charge on any atom is -0.390 e. The molecule has 142 valence electrons. The van der Waals surface area contributed by atoms with Crippen molar-refractivity contribution in [2.75, 3.05) is 41.5 Å². The standard InChI is InChI=1S/C17H27ClN2O4S/c1-4-25(22,23)15-5-6-17(16(7-15)19-9-14(21)8-18)20-10-12(2)24-13(3)11-20/h5-7,12-14,19,21H,4,8-11H2,1-3H3. The number of halogens is 1. The Balaban J connectivity index is 2.36. The van der Waals surface area contributed by atoms with Gasteiger partial charge >= 0.3 is 0 Å². The average Bonchev–Trinajstić information content (AvgIpc) is 2.58. The molecule has 0 amide bonds. The first kappa shape index (κ1) is 20.3. The van der Waals surface area contributed by atoms with Gasteiger partial charge in [-0.25, -0.2) is 8.42 Å². The van der Waals surface area contributed by atoms with E-state index in [2.05, 4.69) is 10.2 Å². The van der Waals surface area contributed by atoms with Gasteiger partial charge in [0.25, 0.3) is 0 Å². The van der Waals surface area contributed by atoms with Crippen LogP contribution in [0.1, 0.15) is 20.8 Å². The van der Waals surface area contributed by atoms with E-state index in [4.69, 9.17) is 16.3 Å². The predicted molar refractivity (Wildman–Crippen MR) is 102 cm³/mol. The second kappa shape index (κ2) is 8.58. The molecule has 3 unspecified atom stereocenters.